The minimum atomic E-state index is -0.999. The van der Waals surface area contributed by atoms with Gasteiger partial charge in [0.15, 0.2) is 0 Å². The van der Waals surface area contributed by atoms with Crippen molar-refractivity contribution in [3.8, 4) is 0 Å². The first kappa shape index (κ1) is 19.0. The molecule has 0 heterocycles. The Balaban J connectivity index is 2.49. The Hall–Kier alpha value is -2.37. The molecule has 0 aliphatic rings. The number of benzene rings is 2. The van der Waals surface area contributed by atoms with Gasteiger partial charge in [0.1, 0.15) is 5.54 Å². The Labute approximate surface area is 149 Å². The van der Waals surface area contributed by atoms with E-state index < -0.39 is 11.6 Å². The van der Waals surface area contributed by atoms with Gasteiger partial charge in [0.2, 0.25) is 0 Å². The zero-order chi connectivity index (χ0) is 18.1. The second-order valence-electron chi connectivity index (χ2n) is 5.90. The summed E-state index contributed by atoms with van der Waals surface area (Å²) in [6.07, 6.45) is 1.37. The molecule has 0 aliphatic carbocycles. The highest BCUT2D eigenvalue weighted by atomic mass is 16.6. The van der Waals surface area contributed by atoms with Crippen molar-refractivity contribution in [1.29, 1.82) is 0 Å². The zero-order valence-electron chi connectivity index (χ0n) is 14.6. The maximum Gasteiger partial charge on any atom is 0.425 e. The number of carbonyl (C=O) groups excluding carboxylic acids is 1. The summed E-state index contributed by atoms with van der Waals surface area (Å²) in [6.45, 7) is 2.22. The molecular weight excluding hydrogens is 316 g/mol. The van der Waals surface area contributed by atoms with Gasteiger partial charge in [-0.1, -0.05) is 74.0 Å². The molecule has 3 N–H and O–H groups in total. The van der Waals surface area contributed by atoms with Gasteiger partial charge in [-0.2, -0.15) is 0 Å². The fourth-order valence-corrected chi connectivity index (χ4v) is 2.97. The molecule has 2 aromatic carbocycles. The van der Waals surface area contributed by atoms with E-state index in [-0.39, 0.29) is 13.0 Å². The van der Waals surface area contributed by atoms with Crippen molar-refractivity contribution in [3.63, 3.8) is 0 Å². The van der Waals surface area contributed by atoms with Crippen molar-refractivity contribution in [2.24, 2.45) is 5.84 Å². The van der Waals surface area contributed by atoms with Gasteiger partial charge in [0.05, 0.1) is 6.61 Å². The van der Waals surface area contributed by atoms with Crippen LogP contribution in [0, 0.1) is 0 Å². The van der Waals surface area contributed by atoms with E-state index in [0.717, 1.165) is 29.0 Å². The van der Waals surface area contributed by atoms with E-state index >= 15 is 0 Å². The molecule has 25 heavy (non-hydrogen) atoms. The first-order chi connectivity index (χ1) is 12.2. The van der Waals surface area contributed by atoms with Gasteiger partial charge in [-0.15, -0.1) is 0 Å². The maximum atomic E-state index is 12.6. The Morgan fingerprint density at radius 2 is 1.60 bits per heavy atom. The number of unbranched alkanes of at least 4 members (excludes halogenated alkanes) is 1. The molecule has 0 atom stereocenters. The maximum absolute atomic E-state index is 12.6. The molecule has 0 unspecified atom stereocenters. The number of ether oxygens (including phenoxy) is 1. The molecule has 2 rings (SSSR count). The van der Waals surface area contributed by atoms with Gasteiger partial charge < -0.3 is 9.84 Å². The lowest BCUT2D eigenvalue weighted by molar-refractivity contribution is 0.0501. The summed E-state index contributed by atoms with van der Waals surface area (Å²) in [5, 5.41) is 10.8. The van der Waals surface area contributed by atoms with Crippen LogP contribution in [0.25, 0.3) is 0 Å². The third kappa shape index (κ3) is 4.18. The number of amides is 1. The highest BCUT2D eigenvalue weighted by Gasteiger charge is 2.42. The lowest BCUT2D eigenvalue weighted by Crippen LogP contribution is -2.55. The highest BCUT2D eigenvalue weighted by molar-refractivity contribution is 5.69. The van der Waals surface area contributed by atoms with Crippen LogP contribution < -0.4 is 5.84 Å². The van der Waals surface area contributed by atoms with E-state index in [1.54, 1.807) is 0 Å². The standard InChI is InChI=1S/C20H26N2O3/c1-2-3-16-25-19(24)22(21)20(14-15-23,17-10-6-4-7-11-17)18-12-8-5-9-13-18/h4-13,23H,2-3,14-16,21H2,1H3. The van der Waals surface area contributed by atoms with Crippen molar-refractivity contribution < 1.29 is 14.6 Å². The normalized spacial score (nSPS) is 11.2. The molecule has 0 radical (unpaired) electrons. The van der Waals surface area contributed by atoms with Crippen molar-refractivity contribution in [2.75, 3.05) is 13.2 Å². The molecule has 1 amide bonds. The van der Waals surface area contributed by atoms with Crippen LogP contribution in [-0.4, -0.2) is 29.4 Å². The molecule has 0 aliphatic heterocycles. The van der Waals surface area contributed by atoms with Crippen LogP contribution >= 0.6 is 0 Å². The van der Waals surface area contributed by atoms with Crippen molar-refractivity contribution in [3.05, 3.63) is 71.8 Å². The van der Waals surface area contributed by atoms with Gasteiger partial charge in [0, 0.05) is 13.0 Å². The summed E-state index contributed by atoms with van der Waals surface area (Å²) in [5.74, 6) is 6.28. The lowest BCUT2D eigenvalue weighted by Gasteiger charge is -2.41. The van der Waals surface area contributed by atoms with Crippen molar-refractivity contribution >= 4 is 6.09 Å². The van der Waals surface area contributed by atoms with E-state index in [1.807, 2.05) is 67.6 Å². The third-order valence-corrected chi connectivity index (χ3v) is 4.31. The molecule has 5 nitrogen and oxygen atoms in total. The molecule has 0 spiro atoms. The number of aliphatic hydroxyl groups is 1. The molecule has 2 aromatic rings. The minimum absolute atomic E-state index is 0.125. The van der Waals surface area contributed by atoms with Crippen molar-refractivity contribution in [2.45, 2.75) is 31.7 Å². The Bertz CT molecular complexity index is 607. The van der Waals surface area contributed by atoms with Gasteiger partial charge in [-0.05, 0) is 17.5 Å². The first-order valence-corrected chi connectivity index (χ1v) is 8.60. The largest absolute Gasteiger partial charge is 0.448 e. The summed E-state index contributed by atoms with van der Waals surface area (Å²) < 4.78 is 5.32. The predicted octanol–water partition coefficient (Wildman–Crippen LogP) is 3.43. The summed E-state index contributed by atoms with van der Waals surface area (Å²) in [4.78, 5) is 12.6. The fraction of sp³-hybridized carbons (Fsp3) is 0.350. The van der Waals surface area contributed by atoms with E-state index in [0.29, 0.717) is 6.61 Å². The van der Waals surface area contributed by atoms with Crippen LogP contribution in [-0.2, 0) is 10.3 Å². The Kier molecular flexibility index (Phi) is 6.98. The molecule has 0 saturated carbocycles. The van der Waals surface area contributed by atoms with Crippen LogP contribution in [0.4, 0.5) is 4.79 Å². The monoisotopic (exact) mass is 342 g/mol. The number of nitrogens with two attached hydrogens (primary N) is 1. The van der Waals surface area contributed by atoms with Crippen LogP contribution in [0.3, 0.4) is 0 Å². The zero-order valence-corrected chi connectivity index (χ0v) is 14.6. The average molecular weight is 342 g/mol. The summed E-state index contributed by atoms with van der Waals surface area (Å²) in [6, 6.07) is 19.0. The second kappa shape index (κ2) is 9.20. The van der Waals surface area contributed by atoms with Crippen LogP contribution in [0.1, 0.15) is 37.3 Å². The Morgan fingerprint density at radius 3 is 2.04 bits per heavy atom. The predicted molar refractivity (Wildman–Crippen MR) is 97.6 cm³/mol. The van der Waals surface area contributed by atoms with E-state index in [1.165, 1.54) is 0 Å². The fourth-order valence-electron chi connectivity index (χ4n) is 2.97. The molecular formula is C20H26N2O3. The van der Waals surface area contributed by atoms with Gasteiger partial charge in [0.25, 0.3) is 0 Å². The lowest BCUT2D eigenvalue weighted by atomic mass is 9.79. The number of rotatable bonds is 8. The summed E-state index contributed by atoms with van der Waals surface area (Å²) in [7, 11) is 0. The number of hydrogen-bond acceptors (Lipinski definition) is 4. The number of aliphatic hydroxyl groups excluding tert-OH is 1. The molecule has 0 fully saturated rings. The smallest absolute Gasteiger partial charge is 0.425 e. The summed E-state index contributed by atoms with van der Waals surface area (Å²) >= 11 is 0. The molecule has 0 aromatic heterocycles. The molecule has 0 bridgehead atoms. The average Bonchev–Trinajstić information content (AvgIpc) is 2.67. The minimum Gasteiger partial charge on any atom is -0.448 e. The second-order valence-corrected chi connectivity index (χ2v) is 5.90. The first-order valence-electron chi connectivity index (χ1n) is 8.60. The van der Waals surface area contributed by atoms with Gasteiger partial charge in [-0.3, -0.25) is 0 Å². The van der Waals surface area contributed by atoms with E-state index in [2.05, 4.69) is 0 Å². The van der Waals surface area contributed by atoms with Gasteiger partial charge in [-0.25, -0.2) is 15.6 Å². The number of hydrazine groups is 1. The third-order valence-electron chi connectivity index (χ3n) is 4.31. The molecule has 0 saturated heterocycles. The number of nitrogens with zero attached hydrogens (tertiary/aromatic N) is 1. The van der Waals surface area contributed by atoms with Crippen LogP contribution in [0.15, 0.2) is 60.7 Å². The Morgan fingerprint density at radius 1 is 1.08 bits per heavy atom. The molecule has 134 valence electrons. The van der Waals surface area contributed by atoms with E-state index in [9.17, 15) is 9.90 Å². The number of hydrogen-bond donors (Lipinski definition) is 2. The van der Waals surface area contributed by atoms with E-state index in [4.69, 9.17) is 10.6 Å². The highest BCUT2D eigenvalue weighted by Crippen LogP contribution is 2.37. The quantitative estimate of drug-likeness (QED) is 0.333. The summed E-state index contributed by atoms with van der Waals surface area (Å²) in [5.41, 5.74) is 0.649. The SMILES string of the molecule is CCCCOC(=O)N(N)C(CCO)(c1ccccc1)c1ccccc1. The topological polar surface area (TPSA) is 75.8 Å². The van der Waals surface area contributed by atoms with Crippen LogP contribution in [0.5, 0.6) is 0 Å². The van der Waals surface area contributed by atoms with Crippen LogP contribution in [0.2, 0.25) is 0 Å². The van der Waals surface area contributed by atoms with Gasteiger partial charge >= 0.3 is 6.09 Å². The number of carbonyl (C=O) groups is 1. The molecule has 5 heteroatoms. The van der Waals surface area contributed by atoms with Crippen molar-refractivity contribution in [1.82, 2.24) is 5.01 Å².